The zero-order chi connectivity index (χ0) is 12.5. The third-order valence-electron chi connectivity index (χ3n) is 3.84. The van der Waals surface area contributed by atoms with Gasteiger partial charge in [-0.25, -0.2) is 8.42 Å². The third kappa shape index (κ3) is 3.19. The van der Waals surface area contributed by atoms with Gasteiger partial charge in [0.2, 0.25) is 0 Å². The highest BCUT2D eigenvalue weighted by atomic mass is 32.2. The van der Waals surface area contributed by atoms with E-state index in [1.54, 1.807) is 0 Å². The van der Waals surface area contributed by atoms with Crippen molar-refractivity contribution in [3.63, 3.8) is 0 Å². The number of sulfone groups is 1. The molecule has 0 aromatic rings. The molecule has 2 aliphatic heterocycles. The minimum atomic E-state index is -2.83. The van der Waals surface area contributed by atoms with Gasteiger partial charge in [0.05, 0.1) is 17.4 Å². The summed E-state index contributed by atoms with van der Waals surface area (Å²) in [6, 6.07) is 0.265. The molecule has 98 valence electrons. The molecule has 6 heteroatoms. The maximum Gasteiger partial charge on any atom is 0.307 e. The summed E-state index contributed by atoms with van der Waals surface area (Å²) in [5.74, 6) is -0.488. The van der Waals surface area contributed by atoms with Crippen LogP contribution in [0.15, 0.2) is 0 Å². The molecule has 1 N–H and O–H groups in total. The minimum Gasteiger partial charge on any atom is -0.481 e. The first kappa shape index (κ1) is 12.8. The van der Waals surface area contributed by atoms with Crippen LogP contribution in [-0.2, 0) is 14.6 Å². The van der Waals surface area contributed by atoms with Crippen molar-refractivity contribution in [1.82, 2.24) is 4.90 Å². The predicted molar refractivity (Wildman–Crippen MR) is 63.6 cm³/mol. The van der Waals surface area contributed by atoms with Gasteiger partial charge in [0.25, 0.3) is 0 Å². The molecule has 1 atom stereocenters. The largest absolute Gasteiger partial charge is 0.481 e. The fourth-order valence-electron chi connectivity index (χ4n) is 2.78. The molecule has 2 rings (SSSR count). The Kier molecular flexibility index (Phi) is 3.73. The van der Waals surface area contributed by atoms with Crippen LogP contribution in [0.4, 0.5) is 0 Å². The molecule has 0 aliphatic carbocycles. The fourth-order valence-corrected chi connectivity index (χ4v) is 4.25. The maximum atomic E-state index is 11.3. The molecule has 2 aliphatic rings. The monoisotopic (exact) mass is 261 g/mol. The van der Waals surface area contributed by atoms with Gasteiger partial charge in [-0.05, 0) is 32.2 Å². The molecule has 2 heterocycles. The number of aliphatic carboxylic acids is 1. The second-order valence-electron chi connectivity index (χ2n) is 5.06. The number of carbonyl (C=O) groups is 1. The first-order chi connectivity index (χ1) is 7.98. The molecular formula is C11H19NO4S. The van der Waals surface area contributed by atoms with E-state index in [4.69, 9.17) is 5.11 Å². The van der Waals surface area contributed by atoms with Crippen molar-refractivity contribution in [1.29, 1.82) is 0 Å². The van der Waals surface area contributed by atoms with Gasteiger partial charge in [0.1, 0.15) is 9.84 Å². The maximum absolute atomic E-state index is 11.3. The first-order valence-electron chi connectivity index (χ1n) is 6.15. The molecule has 0 aromatic heterocycles. The Morgan fingerprint density at radius 3 is 2.41 bits per heavy atom. The van der Waals surface area contributed by atoms with Crippen LogP contribution in [0.5, 0.6) is 0 Å². The summed E-state index contributed by atoms with van der Waals surface area (Å²) < 4.78 is 22.7. The van der Waals surface area contributed by atoms with Crippen molar-refractivity contribution in [3.8, 4) is 0 Å². The van der Waals surface area contributed by atoms with E-state index >= 15 is 0 Å². The van der Waals surface area contributed by atoms with Crippen molar-refractivity contribution >= 4 is 15.8 Å². The van der Waals surface area contributed by atoms with Crippen molar-refractivity contribution < 1.29 is 18.3 Å². The van der Waals surface area contributed by atoms with E-state index in [1.165, 1.54) is 0 Å². The molecule has 1 unspecified atom stereocenters. The normalized spacial score (nSPS) is 31.2. The van der Waals surface area contributed by atoms with Crippen molar-refractivity contribution in [3.05, 3.63) is 0 Å². The number of carboxylic acid groups (broad SMARTS) is 1. The highest BCUT2D eigenvalue weighted by Crippen LogP contribution is 2.24. The van der Waals surface area contributed by atoms with Crippen LogP contribution < -0.4 is 0 Å². The Bertz CT molecular complexity index is 378. The van der Waals surface area contributed by atoms with Crippen LogP contribution in [0.3, 0.4) is 0 Å². The number of piperidine rings is 1. The van der Waals surface area contributed by atoms with Gasteiger partial charge in [-0.1, -0.05) is 0 Å². The smallest absolute Gasteiger partial charge is 0.307 e. The van der Waals surface area contributed by atoms with Gasteiger partial charge in [-0.15, -0.1) is 0 Å². The molecule has 2 saturated heterocycles. The predicted octanol–water partition coefficient (Wildman–Crippen LogP) is 0.360. The summed E-state index contributed by atoms with van der Waals surface area (Å²) in [6.45, 7) is 1.49. The van der Waals surface area contributed by atoms with E-state index in [0.717, 1.165) is 19.4 Å². The van der Waals surface area contributed by atoms with E-state index in [0.29, 0.717) is 19.4 Å². The lowest BCUT2D eigenvalue weighted by molar-refractivity contribution is -0.144. The van der Waals surface area contributed by atoms with E-state index in [2.05, 4.69) is 4.90 Å². The van der Waals surface area contributed by atoms with Crippen molar-refractivity contribution in [2.45, 2.75) is 31.7 Å². The first-order valence-corrected chi connectivity index (χ1v) is 7.97. The van der Waals surface area contributed by atoms with Crippen LogP contribution >= 0.6 is 0 Å². The van der Waals surface area contributed by atoms with Crippen molar-refractivity contribution in [2.75, 3.05) is 24.6 Å². The topological polar surface area (TPSA) is 74.7 Å². The van der Waals surface area contributed by atoms with Crippen LogP contribution in [0.1, 0.15) is 25.7 Å². The number of hydrogen-bond acceptors (Lipinski definition) is 4. The Morgan fingerprint density at radius 1 is 1.18 bits per heavy atom. The van der Waals surface area contributed by atoms with Gasteiger partial charge in [0.15, 0.2) is 0 Å². The summed E-state index contributed by atoms with van der Waals surface area (Å²) in [7, 11) is -2.83. The van der Waals surface area contributed by atoms with E-state index < -0.39 is 15.8 Å². The number of hydrogen-bond donors (Lipinski definition) is 1. The summed E-state index contributed by atoms with van der Waals surface area (Å²) in [4.78, 5) is 13.1. The van der Waals surface area contributed by atoms with Crippen LogP contribution in [0, 0.1) is 5.92 Å². The summed E-state index contributed by atoms with van der Waals surface area (Å²) in [5, 5.41) is 9.01. The second-order valence-corrected chi connectivity index (χ2v) is 7.36. The Hall–Kier alpha value is -0.620. The average Bonchev–Trinajstić information content (AvgIpc) is 2.29. The van der Waals surface area contributed by atoms with Crippen LogP contribution in [0.25, 0.3) is 0 Å². The number of carboxylic acids is 1. The lowest BCUT2D eigenvalue weighted by Crippen LogP contribution is -2.47. The molecule has 0 radical (unpaired) electrons. The summed E-state index contributed by atoms with van der Waals surface area (Å²) >= 11 is 0. The van der Waals surface area contributed by atoms with Gasteiger partial charge >= 0.3 is 5.97 Å². The number of rotatable bonds is 2. The quantitative estimate of drug-likeness (QED) is 0.777. The highest BCUT2D eigenvalue weighted by molar-refractivity contribution is 7.91. The standard InChI is InChI=1S/C11H19NO4S/c13-11(14)9-2-1-5-12(8-9)10-3-6-17(15,16)7-4-10/h9-10H,1-8H2,(H,13,14). The SMILES string of the molecule is O=C(O)C1CCCN(C2CCS(=O)(=O)CC2)C1. The Morgan fingerprint density at radius 2 is 1.82 bits per heavy atom. The zero-order valence-electron chi connectivity index (χ0n) is 9.84. The van der Waals surface area contributed by atoms with E-state index in [-0.39, 0.29) is 23.5 Å². The molecule has 2 fully saturated rings. The molecule has 0 spiro atoms. The van der Waals surface area contributed by atoms with Gasteiger partial charge in [0, 0.05) is 12.6 Å². The fraction of sp³-hybridized carbons (Fsp3) is 0.909. The molecule has 0 saturated carbocycles. The molecule has 0 bridgehead atoms. The van der Waals surface area contributed by atoms with Crippen molar-refractivity contribution in [2.24, 2.45) is 5.92 Å². The number of likely N-dealkylation sites (tertiary alicyclic amines) is 1. The summed E-state index contributed by atoms with van der Waals surface area (Å²) in [6.07, 6.45) is 2.97. The second kappa shape index (κ2) is 4.94. The van der Waals surface area contributed by atoms with E-state index in [9.17, 15) is 13.2 Å². The van der Waals surface area contributed by atoms with Gasteiger partial charge in [-0.2, -0.15) is 0 Å². The Labute approximate surface area is 102 Å². The zero-order valence-corrected chi connectivity index (χ0v) is 10.7. The molecule has 5 nitrogen and oxygen atoms in total. The molecule has 17 heavy (non-hydrogen) atoms. The van der Waals surface area contributed by atoms with Crippen LogP contribution in [0.2, 0.25) is 0 Å². The van der Waals surface area contributed by atoms with Gasteiger partial charge in [-0.3, -0.25) is 9.69 Å². The van der Waals surface area contributed by atoms with Gasteiger partial charge < -0.3 is 5.11 Å². The van der Waals surface area contributed by atoms with E-state index in [1.807, 2.05) is 0 Å². The molecule has 0 amide bonds. The highest BCUT2D eigenvalue weighted by Gasteiger charge is 2.32. The molecule has 0 aromatic carbocycles. The Balaban J connectivity index is 1.92. The number of nitrogens with zero attached hydrogens (tertiary/aromatic N) is 1. The minimum absolute atomic E-state index is 0.256. The average molecular weight is 261 g/mol. The lowest BCUT2D eigenvalue weighted by atomic mass is 9.95. The summed E-state index contributed by atoms with van der Waals surface area (Å²) in [5.41, 5.74) is 0. The van der Waals surface area contributed by atoms with Crippen LogP contribution in [-0.4, -0.2) is 55.0 Å². The third-order valence-corrected chi connectivity index (χ3v) is 5.56. The molecular weight excluding hydrogens is 242 g/mol. The lowest BCUT2D eigenvalue weighted by Gasteiger charge is -2.38.